The van der Waals surface area contributed by atoms with Gasteiger partial charge in [-0.05, 0) is 46.8 Å². The Hall–Kier alpha value is -2.15. The summed E-state index contributed by atoms with van der Waals surface area (Å²) < 4.78 is 5.13. The van der Waals surface area contributed by atoms with Crippen LogP contribution >= 0.6 is 0 Å². The van der Waals surface area contributed by atoms with Crippen molar-refractivity contribution in [1.82, 2.24) is 15.4 Å². The zero-order chi connectivity index (χ0) is 16.9. The molecule has 22 heavy (non-hydrogen) atoms. The largest absolute Gasteiger partial charge is 0.444 e. The number of nitrogens with one attached hydrogen (secondary N) is 2. The molecule has 0 fully saturated rings. The van der Waals surface area contributed by atoms with E-state index in [1.165, 1.54) is 6.20 Å². The van der Waals surface area contributed by atoms with Crippen LogP contribution in [-0.4, -0.2) is 38.8 Å². The number of ether oxygens (including phenoxy) is 1. The maximum atomic E-state index is 11.5. The Morgan fingerprint density at radius 3 is 2.55 bits per heavy atom. The predicted octanol–water partition coefficient (Wildman–Crippen LogP) is 2.53. The molecule has 0 unspecified atom stereocenters. The summed E-state index contributed by atoms with van der Waals surface area (Å²) in [4.78, 5) is 15.7. The average molecular weight is 308 g/mol. The molecule has 1 rings (SSSR count). The van der Waals surface area contributed by atoms with Gasteiger partial charge in [-0.15, -0.1) is 0 Å². The number of nitrogens with zero attached hydrogens (tertiary/aromatic N) is 2. The molecule has 1 heterocycles. The van der Waals surface area contributed by atoms with Crippen LogP contribution < -0.4 is 5.32 Å². The highest BCUT2D eigenvalue weighted by Crippen LogP contribution is 2.08. The van der Waals surface area contributed by atoms with Crippen molar-refractivity contribution in [3.05, 3.63) is 29.6 Å². The molecule has 7 nitrogen and oxygen atoms in total. The molecule has 0 bridgehead atoms. The van der Waals surface area contributed by atoms with E-state index in [1.807, 2.05) is 0 Å². The molecular formula is C15H24N4O3. The van der Waals surface area contributed by atoms with E-state index < -0.39 is 11.7 Å². The summed E-state index contributed by atoms with van der Waals surface area (Å²) in [6.07, 6.45) is 0.979. The number of amides is 1. The first-order valence-electron chi connectivity index (χ1n) is 7.09. The third kappa shape index (κ3) is 5.69. The summed E-state index contributed by atoms with van der Waals surface area (Å²) in [6, 6.07) is 3.17. The molecule has 0 aliphatic heterocycles. The van der Waals surface area contributed by atoms with Crippen molar-refractivity contribution >= 4 is 11.9 Å². The van der Waals surface area contributed by atoms with Crippen molar-refractivity contribution in [2.75, 3.05) is 0 Å². The van der Waals surface area contributed by atoms with Crippen molar-refractivity contribution in [3.8, 4) is 0 Å². The molecule has 0 aliphatic rings. The first-order valence-corrected chi connectivity index (χ1v) is 7.09. The van der Waals surface area contributed by atoms with Gasteiger partial charge in [0.05, 0.1) is 18.3 Å². The lowest BCUT2D eigenvalue weighted by molar-refractivity contribution is -0.0421. The number of amidine groups is 1. The highest BCUT2D eigenvalue weighted by atomic mass is 16.6. The van der Waals surface area contributed by atoms with Crippen LogP contribution in [0.5, 0.6) is 0 Å². The maximum Gasteiger partial charge on any atom is 0.407 e. The van der Waals surface area contributed by atoms with Crippen LogP contribution in [0.1, 0.15) is 45.9 Å². The van der Waals surface area contributed by atoms with Crippen molar-refractivity contribution in [2.45, 2.75) is 52.8 Å². The highest BCUT2D eigenvalue weighted by molar-refractivity contribution is 5.95. The Morgan fingerprint density at radius 1 is 1.45 bits per heavy atom. The average Bonchev–Trinajstić information content (AvgIpc) is 2.42. The van der Waals surface area contributed by atoms with E-state index in [9.17, 15) is 10.0 Å². The molecule has 0 spiro atoms. The highest BCUT2D eigenvalue weighted by Gasteiger charge is 2.16. The number of carbonyl (C=O) groups excluding carboxylic acids is 1. The molecule has 0 saturated heterocycles. The van der Waals surface area contributed by atoms with Crippen LogP contribution in [0.15, 0.2) is 18.3 Å². The summed E-state index contributed by atoms with van der Waals surface area (Å²) in [7, 11) is 0. The van der Waals surface area contributed by atoms with Crippen molar-refractivity contribution in [1.29, 1.82) is 5.41 Å². The summed E-state index contributed by atoms with van der Waals surface area (Å²) in [5, 5.41) is 21.0. The number of aromatic nitrogens is 1. The van der Waals surface area contributed by atoms with E-state index in [4.69, 9.17) is 10.1 Å². The minimum absolute atomic E-state index is 0.0193. The molecule has 1 aromatic heterocycles. The van der Waals surface area contributed by atoms with Crippen LogP contribution in [0.25, 0.3) is 0 Å². The number of hydrogen-bond acceptors (Lipinski definition) is 5. The van der Waals surface area contributed by atoms with Gasteiger partial charge in [0.25, 0.3) is 0 Å². The first kappa shape index (κ1) is 17.9. The monoisotopic (exact) mass is 308 g/mol. The first-order chi connectivity index (χ1) is 10.1. The Balaban J connectivity index is 2.59. The van der Waals surface area contributed by atoms with Gasteiger partial charge in [-0.1, -0.05) is 0 Å². The van der Waals surface area contributed by atoms with E-state index in [0.29, 0.717) is 11.3 Å². The summed E-state index contributed by atoms with van der Waals surface area (Å²) >= 11 is 0. The zero-order valence-corrected chi connectivity index (χ0v) is 13.7. The van der Waals surface area contributed by atoms with E-state index in [0.717, 1.165) is 5.06 Å². The van der Waals surface area contributed by atoms with Gasteiger partial charge in [-0.2, -0.15) is 0 Å². The molecular weight excluding hydrogens is 284 g/mol. The zero-order valence-electron chi connectivity index (χ0n) is 13.7. The number of alkyl carbamates (subject to hydrolysis) is 1. The maximum absolute atomic E-state index is 11.5. The smallest absolute Gasteiger partial charge is 0.407 e. The van der Waals surface area contributed by atoms with Crippen molar-refractivity contribution < 1.29 is 14.7 Å². The molecule has 7 heteroatoms. The van der Waals surface area contributed by atoms with Gasteiger partial charge in [-0.25, -0.2) is 9.86 Å². The molecule has 0 aliphatic carbocycles. The fraction of sp³-hybridized carbons (Fsp3) is 0.533. The molecule has 1 aromatic rings. The molecule has 0 aromatic carbocycles. The van der Waals surface area contributed by atoms with Gasteiger partial charge in [-0.3, -0.25) is 15.6 Å². The number of carbonyl (C=O) groups is 1. The lowest BCUT2D eigenvalue weighted by Gasteiger charge is -2.21. The molecule has 0 saturated carbocycles. The lowest BCUT2D eigenvalue weighted by atomic mass is 10.2. The second-order valence-electron chi connectivity index (χ2n) is 6.18. The minimum atomic E-state index is -0.544. The SMILES string of the molecule is CC(C)N(O)C(=N)c1ccc(CNC(=O)OC(C)(C)C)nc1. The summed E-state index contributed by atoms with van der Waals surface area (Å²) in [6.45, 7) is 9.17. The van der Waals surface area contributed by atoms with Crippen molar-refractivity contribution in [3.63, 3.8) is 0 Å². The van der Waals surface area contributed by atoms with Crippen LogP contribution in [-0.2, 0) is 11.3 Å². The second kappa shape index (κ2) is 7.22. The van der Waals surface area contributed by atoms with E-state index in [1.54, 1.807) is 46.8 Å². The Kier molecular flexibility index (Phi) is 5.87. The van der Waals surface area contributed by atoms with Gasteiger partial charge >= 0.3 is 6.09 Å². The van der Waals surface area contributed by atoms with E-state index in [2.05, 4.69) is 10.3 Å². The fourth-order valence-electron chi connectivity index (χ4n) is 1.54. The van der Waals surface area contributed by atoms with Crippen LogP contribution in [0.2, 0.25) is 0 Å². The van der Waals surface area contributed by atoms with Gasteiger partial charge in [0, 0.05) is 11.8 Å². The lowest BCUT2D eigenvalue weighted by Crippen LogP contribution is -2.34. The molecule has 1 amide bonds. The topological polar surface area (TPSA) is 98.5 Å². The molecule has 0 radical (unpaired) electrons. The molecule has 3 N–H and O–H groups in total. The quantitative estimate of drug-likeness (QED) is 0.451. The third-order valence-corrected chi connectivity index (χ3v) is 2.63. The number of rotatable bonds is 4. The number of hydroxylamine groups is 2. The standard InChI is InChI=1S/C15H24N4O3/c1-10(2)19(21)13(16)11-6-7-12(17-8-11)9-18-14(20)22-15(3,4)5/h6-8,10,16,21H,9H2,1-5H3,(H,18,20). The second-order valence-corrected chi connectivity index (χ2v) is 6.18. The predicted molar refractivity (Wildman–Crippen MR) is 82.9 cm³/mol. The van der Waals surface area contributed by atoms with Crippen LogP contribution in [0, 0.1) is 5.41 Å². The fourth-order valence-corrected chi connectivity index (χ4v) is 1.54. The summed E-state index contributed by atoms with van der Waals surface area (Å²) in [5.41, 5.74) is 0.589. The Morgan fingerprint density at radius 2 is 2.09 bits per heavy atom. The van der Waals surface area contributed by atoms with Gasteiger partial charge in [0.15, 0.2) is 5.84 Å². The Bertz CT molecular complexity index is 521. The van der Waals surface area contributed by atoms with Crippen molar-refractivity contribution in [2.24, 2.45) is 0 Å². The molecule has 122 valence electrons. The van der Waals surface area contributed by atoms with Crippen LogP contribution in [0.4, 0.5) is 4.79 Å². The van der Waals surface area contributed by atoms with Gasteiger partial charge in [0.1, 0.15) is 5.60 Å². The van der Waals surface area contributed by atoms with E-state index in [-0.39, 0.29) is 18.4 Å². The van der Waals surface area contributed by atoms with Crippen LogP contribution in [0.3, 0.4) is 0 Å². The minimum Gasteiger partial charge on any atom is -0.444 e. The Labute approximate surface area is 130 Å². The third-order valence-electron chi connectivity index (χ3n) is 2.63. The van der Waals surface area contributed by atoms with E-state index >= 15 is 0 Å². The molecule has 0 atom stereocenters. The summed E-state index contributed by atoms with van der Waals surface area (Å²) in [5.74, 6) is -0.0193. The number of hydrogen-bond donors (Lipinski definition) is 3. The number of pyridine rings is 1. The van der Waals surface area contributed by atoms with Gasteiger partial charge in [0.2, 0.25) is 0 Å². The normalized spacial score (nSPS) is 11.2. The van der Waals surface area contributed by atoms with Gasteiger partial charge < -0.3 is 10.1 Å².